The molecule has 0 aliphatic carbocycles. The second-order valence-corrected chi connectivity index (χ2v) is 6.49. The van der Waals surface area contributed by atoms with Crippen LogP contribution in [0.3, 0.4) is 0 Å². The van der Waals surface area contributed by atoms with E-state index in [4.69, 9.17) is 5.11 Å². The summed E-state index contributed by atoms with van der Waals surface area (Å²) in [5.74, 6) is -1.74. The minimum absolute atomic E-state index is 0.0651. The number of aliphatic hydroxyl groups is 1. The van der Waals surface area contributed by atoms with Crippen LogP contribution in [0.5, 0.6) is 0 Å². The number of aliphatic hydroxyl groups excluding tert-OH is 1. The van der Waals surface area contributed by atoms with Gasteiger partial charge in [-0.05, 0) is 25.1 Å². The predicted octanol–water partition coefficient (Wildman–Crippen LogP) is 2.74. The molecule has 0 spiro atoms. The summed E-state index contributed by atoms with van der Waals surface area (Å²) in [5, 5.41) is 21.2. The molecule has 0 saturated heterocycles. The number of nitrogens with one attached hydrogen (secondary N) is 1. The van der Waals surface area contributed by atoms with Crippen LogP contribution in [0.25, 0.3) is 10.1 Å². The molecule has 1 amide bonds. The monoisotopic (exact) mass is 343 g/mol. The van der Waals surface area contributed by atoms with Crippen LogP contribution < -0.4 is 5.32 Å². The third-order valence-corrected chi connectivity index (χ3v) is 4.48. The standard InChI is InChI=1S/C15H15F2NO4S/c1-15(7-19,6-12(16)17)18-13(20)11-5-9-8(14(21)22)3-2-4-10(9)23-11/h2-5,12,19H,6-7H2,1H3,(H,18,20)(H,21,22). The van der Waals surface area contributed by atoms with E-state index in [-0.39, 0.29) is 10.4 Å². The molecule has 0 saturated carbocycles. The molecule has 124 valence electrons. The van der Waals surface area contributed by atoms with Gasteiger partial charge in [0.1, 0.15) is 0 Å². The quantitative estimate of drug-likeness (QED) is 0.753. The zero-order chi connectivity index (χ0) is 17.2. The number of carbonyl (C=O) groups is 2. The third kappa shape index (κ3) is 3.83. The van der Waals surface area contributed by atoms with Gasteiger partial charge in [0.15, 0.2) is 0 Å². The molecule has 0 bridgehead atoms. The summed E-state index contributed by atoms with van der Waals surface area (Å²) in [6.45, 7) is 0.696. The van der Waals surface area contributed by atoms with Crippen LogP contribution in [0.15, 0.2) is 24.3 Å². The number of carboxylic acid groups (broad SMARTS) is 1. The van der Waals surface area contributed by atoms with E-state index >= 15 is 0 Å². The smallest absolute Gasteiger partial charge is 0.336 e. The second-order valence-electron chi connectivity index (χ2n) is 5.40. The van der Waals surface area contributed by atoms with Crippen molar-refractivity contribution in [1.29, 1.82) is 0 Å². The van der Waals surface area contributed by atoms with Gasteiger partial charge in [0.25, 0.3) is 5.91 Å². The minimum atomic E-state index is -2.67. The van der Waals surface area contributed by atoms with E-state index in [2.05, 4.69) is 5.32 Å². The third-order valence-electron chi connectivity index (χ3n) is 3.38. The van der Waals surface area contributed by atoms with Gasteiger partial charge < -0.3 is 15.5 Å². The molecule has 8 heteroatoms. The van der Waals surface area contributed by atoms with E-state index in [1.807, 2.05) is 0 Å². The van der Waals surface area contributed by atoms with Crippen molar-refractivity contribution in [3.05, 3.63) is 34.7 Å². The van der Waals surface area contributed by atoms with Crippen molar-refractivity contribution in [1.82, 2.24) is 5.32 Å². The van der Waals surface area contributed by atoms with Crippen molar-refractivity contribution in [2.45, 2.75) is 25.3 Å². The van der Waals surface area contributed by atoms with Crippen molar-refractivity contribution in [3.63, 3.8) is 0 Å². The Labute approximate surface area is 134 Å². The van der Waals surface area contributed by atoms with Crippen molar-refractivity contribution in [2.24, 2.45) is 0 Å². The highest BCUT2D eigenvalue weighted by Crippen LogP contribution is 2.29. The number of thiophene rings is 1. The van der Waals surface area contributed by atoms with Crippen LogP contribution in [0.4, 0.5) is 8.78 Å². The molecular formula is C15H15F2NO4S. The fourth-order valence-electron chi connectivity index (χ4n) is 2.19. The van der Waals surface area contributed by atoms with Gasteiger partial charge >= 0.3 is 5.97 Å². The average Bonchev–Trinajstić information content (AvgIpc) is 2.90. The average molecular weight is 343 g/mol. The number of carbonyl (C=O) groups excluding carboxylic acids is 1. The molecule has 1 unspecified atom stereocenters. The summed E-state index contributed by atoms with van der Waals surface area (Å²) >= 11 is 1.06. The molecule has 0 radical (unpaired) electrons. The lowest BCUT2D eigenvalue weighted by atomic mass is 9.99. The lowest BCUT2D eigenvalue weighted by molar-refractivity contribution is 0.0587. The van der Waals surface area contributed by atoms with Crippen molar-refractivity contribution in [2.75, 3.05) is 6.61 Å². The maximum atomic E-state index is 12.6. The van der Waals surface area contributed by atoms with Crippen LogP contribution >= 0.6 is 11.3 Å². The normalized spacial score (nSPS) is 14.0. The van der Waals surface area contributed by atoms with E-state index in [9.17, 15) is 23.5 Å². The number of carboxylic acids is 1. The summed E-state index contributed by atoms with van der Waals surface area (Å²) in [6.07, 6.45) is -3.35. The Bertz CT molecular complexity index is 746. The number of benzene rings is 1. The topological polar surface area (TPSA) is 86.6 Å². The van der Waals surface area contributed by atoms with Gasteiger partial charge in [-0.2, -0.15) is 0 Å². The van der Waals surface area contributed by atoms with Crippen LogP contribution in [-0.4, -0.2) is 40.7 Å². The summed E-state index contributed by atoms with van der Waals surface area (Å²) in [7, 11) is 0. The number of hydrogen-bond donors (Lipinski definition) is 3. The highest BCUT2D eigenvalue weighted by Gasteiger charge is 2.30. The van der Waals surface area contributed by atoms with E-state index in [0.717, 1.165) is 11.3 Å². The van der Waals surface area contributed by atoms with Gasteiger partial charge in [-0.15, -0.1) is 11.3 Å². The Morgan fingerprint density at radius 1 is 1.39 bits per heavy atom. The lowest BCUT2D eigenvalue weighted by Crippen LogP contribution is -2.50. The summed E-state index contributed by atoms with van der Waals surface area (Å²) < 4.78 is 25.7. The maximum Gasteiger partial charge on any atom is 0.336 e. The minimum Gasteiger partial charge on any atom is -0.478 e. The molecule has 5 nitrogen and oxygen atoms in total. The van der Waals surface area contributed by atoms with Crippen LogP contribution in [-0.2, 0) is 0 Å². The molecule has 2 rings (SSSR count). The highest BCUT2D eigenvalue weighted by atomic mass is 32.1. The Hall–Kier alpha value is -2.06. The van der Waals surface area contributed by atoms with Crippen LogP contribution in [0.2, 0.25) is 0 Å². The molecule has 23 heavy (non-hydrogen) atoms. The number of alkyl halides is 2. The van der Waals surface area contributed by atoms with E-state index in [1.165, 1.54) is 19.1 Å². The first-order chi connectivity index (χ1) is 10.8. The molecule has 2 aromatic rings. The van der Waals surface area contributed by atoms with Gasteiger partial charge in [-0.1, -0.05) is 6.07 Å². The van der Waals surface area contributed by atoms with E-state index in [1.54, 1.807) is 12.1 Å². The summed E-state index contributed by atoms with van der Waals surface area (Å²) in [4.78, 5) is 23.6. The number of amides is 1. The Morgan fingerprint density at radius 3 is 2.65 bits per heavy atom. The van der Waals surface area contributed by atoms with Gasteiger partial charge in [0.05, 0.1) is 22.6 Å². The van der Waals surface area contributed by atoms with Crippen molar-refractivity contribution < 1.29 is 28.6 Å². The zero-order valence-corrected chi connectivity index (χ0v) is 13.0. The molecule has 1 aromatic heterocycles. The number of halogens is 2. The number of fused-ring (bicyclic) bond motifs is 1. The fourth-order valence-corrected chi connectivity index (χ4v) is 3.17. The number of rotatable bonds is 6. The SMILES string of the molecule is CC(CO)(CC(F)F)NC(=O)c1cc2c(C(=O)O)cccc2s1. The Morgan fingerprint density at radius 2 is 2.09 bits per heavy atom. The molecule has 1 aromatic carbocycles. The molecule has 1 atom stereocenters. The molecule has 3 N–H and O–H groups in total. The lowest BCUT2D eigenvalue weighted by Gasteiger charge is -2.28. The maximum absolute atomic E-state index is 12.6. The first-order valence-electron chi connectivity index (χ1n) is 6.73. The van der Waals surface area contributed by atoms with E-state index < -0.39 is 36.9 Å². The molecular weight excluding hydrogens is 328 g/mol. The van der Waals surface area contributed by atoms with Gasteiger partial charge in [0, 0.05) is 16.5 Å². The molecule has 0 aliphatic rings. The largest absolute Gasteiger partial charge is 0.478 e. The second kappa shape index (κ2) is 6.59. The first kappa shape index (κ1) is 17.3. The molecule has 1 heterocycles. The zero-order valence-electron chi connectivity index (χ0n) is 12.2. The number of hydrogen-bond acceptors (Lipinski definition) is 4. The van der Waals surface area contributed by atoms with Crippen molar-refractivity contribution in [3.8, 4) is 0 Å². The van der Waals surface area contributed by atoms with E-state index in [0.29, 0.717) is 10.1 Å². The number of aromatic carboxylic acids is 1. The van der Waals surface area contributed by atoms with Crippen molar-refractivity contribution >= 4 is 33.3 Å². The first-order valence-corrected chi connectivity index (χ1v) is 7.55. The van der Waals surface area contributed by atoms with Gasteiger partial charge in [0.2, 0.25) is 6.43 Å². The summed E-state index contributed by atoms with van der Waals surface area (Å²) in [6, 6.07) is 6.08. The molecule has 0 fully saturated rings. The highest BCUT2D eigenvalue weighted by molar-refractivity contribution is 7.20. The summed E-state index contributed by atoms with van der Waals surface area (Å²) in [5.41, 5.74) is -1.38. The Kier molecular flexibility index (Phi) is 4.96. The van der Waals surface area contributed by atoms with Gasteiger partial charge in [-0.25, -0.2) is 13.6 Å². The van der Waals surface area contributed by atoms with Gasteiger partial charge in [-0.3, -0.25) is 4.79 Å². The predicted molar refractivity (Wildman–Crippen MR) is 82.4 cm³/mol. The molecule has 0 aliphatic heterocycles. The van der Waals surface area contributed by atoms with Crippen LogP contribution in [0.1, 0.15) is 33.4 Å². The Balaban J connectivity index is 2.31. The van der Waals surface area contributed by atoms with Crippen LogP contribution in [0, 0.1) is 0 Å². The fraction of sp³-hybridized carbons (Fsp3) is 0.333.